The van der Waals surface area contributed by atoms with Crippen LogP contribution in [0.15, 0.2) is 0 Å². The van der Waals surface area contributed by atoms with Crippen LogP contribution in [0.5, 0.6) is 0 Å². The number of hydrogen-bond donors (Lipinski definition) is 4. The van der Waals surface area contributed by atoms with Gasteiger partial charge in [0.2, 0.25) is 0 Å². The van der Waals surface area contributed by atoms with Gasteiger partial charge in [-0.2, -0.15) is 0 Å². The molecule has 1 atom stereocenters. The van der Waals surface area contributed by atoms with E-state index in [-0.39, 0.29) is 5.95 Å². The quantitative estimate of drug-likeness (QED) is 0.555. The van der Waals surface area contributed by atoms with Crippen LogP contribution in [0.25, 0.3) is 0 Å². The zero-order chi connectivity index (χ0) is 15.1. The lowest BCUT2D eigenvalue weighted by atomic mass is 10.2. The molecule has 0 saturated heterocycles. The number of rotatable bonds is 6. The molecule has 0 fully saturated rings. The number of aliphatic hydroxyl groups is 1. The highest BCUT2D eigenvalue weighted by molar-refractivity contribution is 5.90. The Bertz CT molecular complexity index is 494. The molecule has 110 valence electrons. The number of nitrogens with one attached hydrogen (secondary N) is 2. The van der Waals surface area contributed by atoms with Gasteiger partial charge in [-0.1, -0.05) is 13.8 Å². The van der Waals surface area contributed by atoms with Crippen molar-refractivity contribution in [3.63, 3.8) is 0 Å². The zero-order valence-electron chi connectivity index (χ0n) is 11.3. The molecule has 1 rings (SSSR count). The second-order valence-electron chi connectivity index (χ2n) is 3.91. The maximum atomic E-state index is 11.5. The summed E-state index contributed by atoms with van der Waals surface area (Å²) in [6.45, 7) is 3.11. The molecule has 0 aliphatic carbocycles. The lowest BCUT2D eigenvalue weighted by molar-refractivity contribution is -0.140. The highest BCUT2D eigenvalue weighted by Gasteiger charge is 2.19. The molecule has 4 N–H and O–H groups in total. The van der Waals surface area contributed by atoms with Gasteiger partial charge in [0.1, 0.15) is 0 Å². The molecule has 2 amide bonds. The number of urea groups is 1. The Morgan fingerprint density at radius 3 is 2.35 bits per heavy atom. The minimum absolute atomic E-state index is 0.0152. The van der Waals surface area contributed by atoms with Crippen molar-refractivity contribution in [1.29, 1.82) is 0 Å². The summed E-state index contributed by atoms with van der Waals surface area (Å²) < 4.78 is 0. The summed E-state index contributed by atoms with van der Waals surface area (Å²) in [6.07, 6.45) is 1.32. The summed E-state index contributed by atoms with van der Waals surface area (Å²) in [4.78, 5) is 26.3. The van der Waals surface area contributed by atoms with Gasteiger partial charge in [0.05, 0.1) is 18.0 Å². The smallest absolute Gasteiger partial charge is 0.328 e. The van der Waals surface area contributed by atoms with E-state index in [9.17, 15) is 9.59 Å². The average Bonchev–Trinajstić information content (AvgIpc) is 2.44. The fraction of sp³-hybridized carbons (Fsp3) is 0.545. The van der Waals surface area contributed by atoms with Crippen molar-refractivity contribution in [1.82, 2.24) is 20.5 Å². The first-order chi connectivity index (χ1) is 9.51. The molecule has 0 bridgehead atoms. The molecule has 1 aromatic rings. The lowest BCUT2D eigenvalue weighted by Crippen LogP contribution is -2.45. The van der Waals surface area contributed by atoms with E-state index in [1.807, 2.05) is 13.8 Å². The van der Waals surface area contributed by atoms with E-state index < -0.39 is 24.6 Å². The number of hydrogen-bond acceptors (Lipinski definition) is 6. The second kappa shape index (κ2) is 7.34. The average molecular weight is 283 g/mol. The molecule has 0 radical (unpaired) electrons. The Labute approximate surface area is 115 Å². The van der Waals surface area contributed by atoms with Gasteiger partial charge in [0, 0.05) is 0 Å². The Morgan fingerprint density at radius 2 is 1.85 bits per heavy atom. The van der Waals surface area contributed by atoms with Crippen LogP contribution in [0.1, 0.15) is 25.2 Å². The van der Waals surface area contributed by atoms with Gasteiger partial charge >= 0.3 is 12.0 Å². The number of amides is 2. The minimum atomic E-state index is -1.39. The number of aliphatic carboxylic acids is 1. The molecule has 0 saturated carbocycles. The number of aromatic nitrogens is 3. The fourth-order valence-corrected chi connectivity index (χ4v) is 1.47. The van der Waals surface area contributed by atoms with Gasteiger partial charge in [-0.15, -0.1) is 10.2 Å². The van der Waals surface area contributed by atoms with Crippen LogP contribution in [0.4, 0.5) is 10.7 Å². The first-order valence-electron chi connectivity index (χ1n) is 6.15. The number of carbonyl (C=O) groups is 2. The standard InChI is InChI=1S/C11H17N5O4/c1-3-6-7(4-2)15-16-10(12-6)14-11(20)13-8(5-17)9(18)19/h8,17H,3-5H2,1-2H3,(H,18,19)(H2,12,13,14,16,20). The van der Waals surface area contributed by atoms with Gasteiger partial charge in [-0.3, -0.25) is 5.32 Å². The van der Waals surface area contributed by atoms with Crippen molar-refractivity contribution < 1.29 is 19.8 Å². The highest BCUT2D eigenvalue weighted by Crippen LogP contribution is 2.06. The van der Waals surface area contributed by atoms with Crippen LogP contribution in [-0.4, -0.2) is 50.0 Å². The summed E-state index contributed by atoms with van der Waals surface area (Å²) >= 11 is 0. The van der Waals surface area contributed by atoms with Crippen LogP contribution in [0.2, 0.25) is 0 Å². The van der Waals surface area contributed by atoms with Gasteiger partial charge in [-0.25, -0.2) is 14.6 Å². The predicted molar refractivity (Wildman–Crippen MR) is 69.2 cm³/mol. The van der Waals surface area contributed by atoms with E-state index in [1.54, 1.807) is 0 Å². The molecule has 9 heteroatoms. The van der Waals surface area contributed by atoms with Crippen molar-refractivity contribution in [2.24, 2.45) is 0 Å². The van der Waals surface area contributed by atoms with Gasteiger partial charge in [0.25, 0.3) is 5.95 Å². The summed E-state index contributed by atoms with van der Waals surface area (Å²) in [5, 5.41) is 29.5. The third-order valence-electron chi connectivity index (χ3n) is 2.52. The summed E-state index contributed by atoms with van der Waals surface area (Å²) in [7, 11) is 0. The molecular weight excluding hydrogens is 266 g/mol. The van der Waals surface area contributed by atoms with Crippen LogP contribution >= 0.6 is 0 Å². The Morgan fingerprint density at radius 1 is 1.20 bits per heavy atom. The topological polar surface area (TPSA) is 137 Å². The Kier molecular flexibility index (Phi) is 5.78. The largest absolute Gasteiger partial charge is 0.480 e. The maximum Gasteiger partial charge on any atom is 0.328 e. The number of aliphatic hydroxyl groups excluding tert-OH is 1. The van der Waals surface area contributed by atoms with E-state index in [0.717, 1.165) is 11.4 Å². The SMILES string of the molecule is CCc1nnc(NC(=O)NC(CO)C(=O)O)nc1CC. The molecule has 0 spiro atoms. The second-order valence-corrected chi connectivity index (χ2v) is 3.91. The molecule has 0 aliphatic rings. The summed E-state index contributed by atoms with van der Waals surface area (Å²) in [6, 6.07) is -2.21. The van der Waals surface area contributed by atoms with E-state index in [0.29, 0.717) is 12.8 Å². The first-order valence-corrected chi connectivity index (χ1v) is 6.15. The molecule has 1 aromatic heterocycles. The lowest BCUT2D eigenvalue weighted by Gasteiger charge is -2.12. The number of carboxylic acids is 1. The molecule has 1 heterocycles. The number of carboxylic acid groups (broad SMARTS) is 1. The van der Waals surface area contributed by atoms with Crippen LogP contribution in [-0.2, 0) is 17.6 Å². The molecule has 0 aromatic carbocycles. The monoisotopic (exact) mass is 283 g/mol. The molecule has 20 heavy (non-hydrogen) atoms. The fourth-order valence-electron chi connectivity index (χ4n) is 1.47. The third-order valence-corrected chi connectivity index (χ3v) is 2.52. The van der Waals surface area contributed by atoms with E-state index in [1.165, 1.54) is 0 Å². The van der Waals surface area contributed by atoms with Crippen molar-refractivity contribution in [2.75, 3.05) is 11.9 Å². The Hall–Kier alpha value is -2.29. The first kappa shape index (κ1) is 15.8. The zero-order valence-corrected chi connectivity index (χ0v) is 11.3. The molecule has 1 unspecified atom stereocenters. The van der Waals surface area contributed by atoms with Crippen molar-refractivity contribution in [2.45, 2.75) is 32.7 Å². The van der Waals surface area contributed by atoms with E-state index in [4.69, 9.17) is 10.2 Å². The third kappa shape index (κ3) is 4.12. The number of anilines is 1. The Balaban J connectivity index is 2.73. The van der Waals surface area contributed by atoms with Gasteiger partial charge in [-0.05, 0) is 12.8 Å². The minimum Gasteiger partial charge on any atom is -0.480 e. The van der Waals surface area contributed by atoms with Crippen LogP contribution < -0.4 is 10.6 Å². The summed E-state index contributed by atoms with van der Waals surface area (Å²) in [5.41, 5.74) is 1.46. The van der Waals surface area contributed by atoms with Gasteiger partial charge in [0.15, 0.2) is 6.04 Å². The van der Waals surface area contributed by atoms with Crippen LogP contribution in [0, 0.1) is 0 Å². The summed E-state index contributed by atoms with van der Waals surface area (Å²) in [5.74, 6) is -1.35. The van der Waals surface area contributed by atoms with E-state index in [2.05, 4.69) is 25.8 Å². The van der Waals surface area contributed by atoms with Crippen molar-refractivity contribution in [3.05, 3.63) is 11.4 Å². The molecule has 0 aliphatic heterocycles. The number of nitrogens with zero attached hydrogens (tertiary/aromatic N) is 3. The number of carbonyl (C=O) groups excluding carboxylic acids is 1. The normalized spacial score (nSPS) is 11.8. The van der Waals surface area contributed by atoms with Gasteiger partial charge < -0.3 is 15.5 Å². The molecular formula is C11H17N5O4. The van der Waals surface area contributed by atoms with E-state index >= 15 is 0 Å². The van der Waals surface area contributed by atoms with Crippen molar-refractivity contribution in [3.8, 4) is 0 Å². The maximum absolute atomic E-state index is 11.5. The molecule has 9 nitrogen and oxygen atoms in total. The van der Waals surface area contributed by atoms with Crippen LogP contribution in [0.3, 0.4) is 0 Å². The highest BCUT2D eigenvalue weighted by atomic mass is 16.4. The van der Waals surface area contributed by atoms with Crippen molar-refractivity contribution >= 4 is 17.9 Å². The number of aryl methyl sites for hydroxylation is 2. The predicted octanol–water partition coefficient (Wildman–Crippen LogP) is -0.437.